The van der Waals surface area contributed by atoms with Gasteiger partial charge in [0.05, 0.1) is 13.2 Å². The van der Waals surface area contributed by atoms with Crippen molar-refractivity contribution >= 4 is 29.9 Å². The fourth-order valence-electron chi connectivity index (χ4n) is 4.26. The number of hydrogen-bond donors (Lipinski definition) is 1. The minimum Gasteiger partial charge on any atom is -0.493 e. The average molecular weight is 457 g/mol. The molecule has 5 nitrogen and oxygen atoms in total. The van der Waals surface area contributed by atoms with Crippen LogP contribution in [0.15, 0.2) is 29.3 Å². The molecule has 2 fully saturated rings. The Labute approximate surface area is 167 Å². The van der Waals surface area contributed by atoms with Gasteiger partial charge < -0.3 is 19.7 Å². The Balaban J connectivity index is 0.00000182. The summed E-state index contributed by atoms with van der Waals surface area (Å²) < 4.78 is 11.4. The van der Waals surface area contributed by atoms with Crippen LogP contribution in [-0.4, -0.2) is 57.4 Å². The number of ether oxygens (including phenoxy) is 2. The maximum atomic E-state index is 5.77. The molecule has 0 saturated carbocycles. The second-order valence-corrected chi connectivity index (χ2v) is 7.27. The summed E-state index contributed by atoms with van der Waals surface area (Å²) in [7, 11) is 1.89. The Morgan fingerprint density at radius 2 is 2.20 bits per heavy atom. The number of nitrogens with one attached hydrogen (secondary N) is 1. The number of nitrogens with zero attached hydrogens (tertiary/aromatic N) is 2. The van der Waals surface area contributed by atoms with Crippen LogP contribution in [-0.2, 0) is 4.74 Å². The fraction of sp³-hybridized carbons (Fsp3) is 0.632. The van der Waals surface area contributed by atoms with Gasteiger partial charge in [-0.05, 0) is 30.9 Å². The number of hydrogen-bond acceptors (Lipinski definition) is 3. The lowest BCUT2D eigenvalue weighted by Gasteiger charge is -2.29. The maximum Gasteiger partial charge on any atom is 0.193 e. The van der Waals surface area contributed by atoms with Crippen LogP contribution in [0.3, 0.4) is 0 Å². The summed E-state index contributed by atoms with van der Waals surface area (Å²) in [6.45, 7) is 5.68. The van der Waals surface area contributed by atoms with E-state index in [0.717, 1.165) is 57.6 Å². The van der Waals surface area contributed by atoms with Crippen LogP contribution in [0.25, 0.3) is 0 Å². The molecule has 1 aromatic rings. The number of likely N-dealkylation sites (tertiary alicyclic amines) is 1. The molecule has 0 aromatic heterocycles. The molecule has 2 unspecified atom stereocenters. The highest BCUT2D eigenvalue weighted by molar-refractivity contribution is 14.0. The number of halogens is 1. The van der Waals surface area contributed by atoms with Crippen molar-refractivity contribution in [3.05, 3.63) is 29.8 Å². The molecule has 3 aliphatic rings. The second kappa shape index (κ2) is 8.12. The SMILES string of the molecule is CN=C(NCC1CCOc2ccccc21)N1CCC2(CCOC2)C1.I. The van der Waals surface area contributed by atoms with Gasteiger partial charge in [-0.2, -0.15) is 0 Å². The first-order valence-electron chi connectivity index (χ1n) is 9.05. The first kappa shape index (κ1) is 18.8. The van der Waals surface area contributed by atoms with Crippen molar-refractivity contribution in [2.24, 2.45) is 10.4 Å². The largest absolute Gasteiger partial charge is 0.493 e. The van der Waals surface area contributed by atoms with Crippen molar-refractivity contribution in [3.63, 3.8) is 0 Å². The van der Waals surface area contributed by atoms with E-state index in [2.05, 4.69) is 33.4 Å². The topological polar surface area (TPSA) is 46.1 Å². The smallest absolute Gasteiger partial charge is 0.193 e. The average Bonchev–Trinajstić information content (AvgIpc) is 3.26. The molecule has 3 heterocycles. The van der Waals surface area contributed by atoms with Gasteiger partial charge in [-0.1, -0.05) is 18.2 Å². The van der Waals surface area contributed by atoms with Gasteiger partial charge in [0, 0.05) is 44.6 Å². The number of para-hydroxylation sites is 1. The third-order valence-corrected chi connectivity index (χ3v) is 5.72. The van der Waals surface area contributed by atoms with E-state index in [1.54, 1.807) is 0 Å². The van der Waals surface area contributed by atoms with Crippen LogP contribution in [0.5, 0.6) is 5.75 Å². The Kier molecular flexibility index (Phi) is 6.09. The lowest BCUT2D eigenvalue weighted by atomic mass is 9.87. The minimum atomic E-state index is 0. The van der Waals surface area contributed by atoms with E-state index in [1.165, 1.54) is 18.4 Å². The number of aliphatic imine (C=N–C) groups is 1. The minimum absolute atomic E-state index is 0. The predicted molar refractivity (Wildman–Crippen MR) is 110 cm³/mol. The highest BCUT2D eigenvalue weighted by atomic mass is 127. The quantitative estimate of drug-likeness (QED) is 0.422. The number of rotatable bonds is 2. The summed E-state index contributed by atoms with van der Waals surface area (Å²) >= 11 is 0. The lowest BCUT2D eigenvalue weighted by molar-refractivity contribution is 0.156. The zero-order valence-corrected chi connectivity index (χ0v) is 17.2. The highest BCUT2D eigenvalue weighted by Crippen LogP contribution is 2.38. The number of benzene rings is 1. The van der Waals surface area contributed by atoms with E-state index in [0.29, 0.717) is 11.3 Å². The fourth-order valence-corrected chi connectivity index (χ4v) is 4.26. The molecule has 0 radical (unpaired) electrons. The molecule has 138 valence electrons. The summed E-state index contributed by atoms with van der Waals surface area (Å²) in [5, 5.41) is 3.61. The molecule has 1 N–H and O–H groups in total. The first-order valence-corrected chi connectivity index (χ1v) is 9.05. The first-order chi connectivity index (χ1) is 11.8. The van der Waals surface area contributed by atoms with Gasteiger partial charge in [-0.3, -0.25) is 4.99 Å². The normalized spacial score (nSPS) is 28.4. The van der Waals surface area contributed by atoms with Crippen LogP contribution in [0.4, 0.5) is 0 Å². The van der Waals surface area contributed by atoms with E-state index >= 15 is 0 Å². The molecule has 2 saturated heterocycles. The Bertz CT molecular complexity index is 616. The van der Waals surface area contributed by atoms with Gasteiger partial charge in [-0.15, -0.1) is 24.0 Å². The van der Waals surface area contributed by atoms with Crippen LogP contribution in [0.2, 0.25) is 0 Å². The van der Waals surface area contributed by atoms with E-state index in [9.17, 15) is 0 Å². The monoisotopic (exact) mass is 457 g/mol. The molecule has 0 bridgehead atoms. The molecule has 3 aliphatic heterocycles. The van der Waals surface area contributed by atoms with Crippen molar-refractivity contribution in [2.75, 3.05) is 46.5 Å². The van der Waals surface area contributed by atoms with E-state index in [4.69, 9.17) is 9.47 Å². The molecule has 6 heteroatoms. The van der Waals surface area contributed by atoms with E-state index in [1.807, 2.05) is 13.1 Å². The van der Waals surface area contributed by atoms with Crippen LogP contribution < -0.4 is 10.1 Å². The van der Waals surface area contributed by atoms with Crippen LogP contribution in [0, 0.1) is 5.41 Å². The van der Waals surface area contributed by atoms with Gasteiger partial charge >= 0.3 is 0 Å². The van der Waals surface area contributed by atoms with Crippen LogP contribution in [0.1, 0.15) is 30.7 Å². The van der Waals surface area contributed by atoms with Crippen molar-refractivity contribution in [3.8, 4) is 5.75 Å². The molecule has 0 aliphatic carbocycles. The molecular formula is C19H28IN3O2. The van der Waals surface area contributed by atoms with E-state index < -0.39 is 0 Å². The lowest BCUT2D eigenvalue weighted by Crippen LogP contribution is -2.43. The summed E-state index contributed by atoms with van der Waals surface area (Å²) in [6.07, 6.45) is 3.46. The number of guanidine groups is 1. The van der Waals surface area contributed by atoms with Gasteiger partial charge in [0.25, 0.3) is 0 Å². The Hall–Kier alpha value is -1.02. The van der Waals surface area contributed by atoms with Crippen molar-refractivity contribution < 1.29 is 9.47 Å². The third-order valence-electron chi connectivity index (χ3n) is 5.72. The molecular weight excluding hydrogens is 429 g/mol. The van der Waals surface area contributed by atoms with Crippen molar-refractivity contribution in [1.82, 2.24) is 10.2 Å². The Morgan fingerprint density at radius 1 is 1.32 bits per heavy atom. The summed E-state index contributed by atoms with van der Waals surface area (Å²) in [5.74, 6) is 2.55. The Morgan fingerprint density at radius 3 is 3.00 bits per heavy atom. The summed E-state index contributed by atoms with van der Waals surface area (Å²) in [4.78, 5) is 6.93. The van der Waals surface area contributed by atoms with Gasteiger partial charge in [0.1, 0.15) is 5.75 Å². The maximum absolute atomic E-state index is 5.77. The van der Waals surface area contributed by atoms with Crippen molar-refractivity contribution in [1.29, 1.82) is 0 Å². The molecule has 25 heavy (non-hydrogen) atoms. The van der Waals surface area contributed by atoms with Gasteiger partial charge in [0.2, 0.25) is 0 Å². The van der Waals surface area contributed by atoms with Gasteiger partial charge in [0.15, 0.2) is 5.96 Å². The molecule has 0 amide bonds. The van der Waals surface area contributed by atoms with Crippen molar-refractivity contribution in [2.45, 2.75) is 25.2 Å². The zero-order valence-electron chi connectivity index (χ0n) is 14.9. The number of fused-ring (bicyclic) bond motifs is 1. The second-order valence-electron chi connectivity index (χ2n) is 7.27. The van der Waals surface area contributed by atoms with E-state index in [-0.39, 0.29) is 24.0 Å². The molecule has 1 aromatic carbocycles. The third kappa shape index (κ3) is 3.89. The molecule has 4 rings (SSSR count). The van der Waals surface area contributed by atoms with Crippen LogP contribution >= 0.6 is 24.0 Å². The summed E-state index contributed by atoms with van der Waals surface area (Å²) in [5.41, 5.74) is 1.68. The predicted octanol–water partition coefficient (Wildman–Crippen LogP) is 2.86. The zero-order chi connectivity index (χ0) is 16.4. The van der Waals surface area contributed by atoms with Gasteiger partial charge in [-0.25, -0.2) is 0 Å². The summed E-state index contributed by atoms with van der Waals surface area (Å²) in [6, 6.07) is 8.39. The molecule has 1 spiro atoms. The standard InChI is InChI=1S/C19H27N3O2.HI/c1-20-18(22-9-7-19(13-22)8-11-23-14-19)21-12-15-6-10-24-17-5-3-2-4-16(15)17;/h2-5,15H,6-14H2,1H3,(H,20,21);1H. The highest BCUT2D eigenvalue weighted by Gasteiger charge is 2.42. The molecule has 2 atom stereocenters.